The van der Waals surface area contributed by atoms with Crippen LogP contribution in [0.3, 0.4) is 0 Å². The van der Waals surface area contributed by atoms with Crippen LogP contribution in [-0.2, 0) is 4.74 Å². The van der Waals surface area contributed by atoms with Crippen LogP contribution in [-0.4, -0.2) is 17.8 Å². The van der Waals surface area contributed by atoms with E-state index in [2.05, 4.69) is 0 Å². The van der Waals surface area contributed by atoms with Crippen molar-refractivity contribution in [1.82, 2.24) is 0 Å². The molecule has 0 spiro atoms. The first-order chi connectivity index (χ1) is 6.86. The van der Waals surface area contributed by atoms with E-state index in [1.165, 1.54) is 32.1 Å². The summed E-state index contributed by atoms with van der Waals surface area (Å²) in [5, 5.41) is 9.91. The molecule has 2 rings (SSSR count). The maximum absolute atomic E-state index is 9.91. The largest absolute Gasteiger partial charge is 0.495 e. The lowest BCUT2D eigenvalue weighted by Gasteiger charge is -2.24. The van der Waals surface area contributed by atoms with Gasteiger partial charge in [0.05, 0.1) is 6.61 Å². The van der Waals surface area contributed by atoms with Crippen molar-refractivity contribution < 1.29 is 9.84 Å². The van der Waals surface area contributed by atoms with Gasteiger partial charge in [-0.2, -0.15) is 0 Å². The molecule has 1 fully saturated rings. The quantitative estimate of drug-likeness (QED) is 0.752. The Labute approximate surface area is 86.0 Å². The van der Waals surface area contributed by atoms with Crippen molar-refractivity contribution >= 4 is 0 Å². The minimum absolute atomic E-state index is 0.333. The van der Waals surface area contributed by atoms with E-state index in [1.54, 1.807) is 0 Å². The molecule has 0 aromatic carbocycles. The number of ether oxygens (including phenoxy) is 1. The summed E-state index contributed by atoms with van der Waals surface area (Å²) in [6.45, 7) is 0.761. The molecule has 1 unspecified atom stereocenters. The maximum atomic E-state index is 9.91. The van der Waals surface area contributed by atoms with Crippen LogP contribution >= 0.6 is 0 Å². The molecule has 1 heterocycles. The summed E-state index contributed by atoms with van der Waals surface area (Å²) in [4.78, 5) is 0. The zero-order valence-corrected chi connectivity index (χ0v) is 8.74. The molecule has 0 aromatic rings. The molecule has 0 bridgehead atoms. The smallest absolute Gasteiger partial charge is 0.121 e. The predicted molar refractivity (Wildman–Crippen MR) is 55.9 cm³/mol. The molecule has 0 aromatic heterocycles. The number of hydrogen-bond acceptors (Lipinski definition) is 2. The van der Waals surface area contributed by atoms with E-state index in [0.717, 1.165) is 31.1 Å². The summed E-state index contributed by atoms with van der Waals surface area (Å²) in [5.41, 5.74) is 0. The molecule has 0 saturated heterocycles. The van der Waals surface area contributed by atoms with Crippen LogP contribution in [0.15, 0.2) is 11.8 Å². The molecule has 1 aliphatic carbocycles. The highest BCUT2D eigenvalue weighted by molar-refractivity contribution is 5.04. The van der Waals surface area contributed by atoms with Gasteiger partial charge in [-0.05, 0) is 18.4 Å². The van der Waals surface area contributed by atoms with Crippen molar-refractivity contribution in [2.45, 2.75) is 51.0 Å². The van der Waals surface area contributed by atoms with Gasteiger partial charge in [0, 0.05) is 6.42 Å². The molecule has 80 valence electrons. The Balaban J connectivity index is 1.77. The second kappa shape index (κ2) is 4.83. The van der Waals surface area contributed by atoms with E-state index in [4.69, 9.17) is 4.74 Å². The molecule has 1 saturated carbocycles. The van der Waals surface area contributed by atoms with E-state index in [-0.39, 0.29) is 6.10 Å². The Bertz CT molecular complexity index is 204. The average Bonchev–Trinajstić information content (AvgIpc) is 2.72. The van der Waals surface area contributed by atoms with Crippen LogP contribution in [0, 0.1) is 5.92 Å². The standard InChI is InChI=1S/C12H20O2/c13-11(12-7-4-8-14-12)9-10-5-2-1-3-6-10/h7,10-11,13H,1-6,8-9H2. The zero-order chi connectivity index (χ0) is 9.80. The van der Waals surface area contributed by atoms with Crippen LogP contribution in [0.1, 0.15) is 44.9 Å². The molecule has 0 amide bonds. The summed E-state index contributed by atoms with van der Waals surface area (Å²) in [7, 11) is 0. The normalized spacial score (nSPS) is 25.6. The van der Waals surface area contributed by atoms with Crippen molar-refractivity contribution in [1.29, 1.82) is 0 Å². The van der Waals surface area contributed by atoms with Crippen LogP contribution in [0.25, 0.3) is 0 Å². The third-order valence-electron chi connectivity index (χ3n) is 3.34. The molecule has 1 aliphatic heterocycles. The summed E-state index contributed by atoms with van der Waals surface area (Å²) in [5.74, 6) is 1.56. The highest BCUT2D eigenvalue weighted by Crippen LogP contribution is 2.29. The van der Waals surface area contributed by atoms with E-state index in [0.29, 0.717) is 0 Å². The van der Waals surface area contributed by atoms with E-state index in [9.17, 15) is 5.11 Å². The summed E-state index contributed by atoms with van der Waals surface area (Å²) in [6, 6.07) is 0. The highest BCUT2D eigenvalue weighted by Gasteiger charge is 2.22. The van der Waals surface area contributed by atoms with Gasteiger partial charge in [-0.25, -0.2) is 0 Å². The molecule has 1 N–H and O–H groups in total. The zero-order valence-electron chi connectivity index (χ0n) is 8.74. The predicted octanol–water partition coefficient (Wildman–Crippen LogP) is 2.62. The van der Waals surface area contributed by atoms with Crippen LogP contribution < -0.4 is 0 Å². The van der Waals surface area contributed by atoms with Gasteiger partial charge in [0.2, 0.25) is 0 Å². The third-order valence-corrected chi connectivity index (χ3v) is 3.34. The third kappa shape index (κ3) is 2.50. The minimum Gasteiger partial charge on any atom is -0.495 e. The number of aliphatic hydroxyl groups is 1. The second-order valence-electron chi connectivity index (χ2n) is 4.50. The molecule has 1 atom stereocenters. The van der Waals surface area contributed by atoms with Crippen molar-refractivity contribution in [2.24, 2.45) is 5.92 Å². The lowest BCUT2D eigenvalue weighted by atomic mass is 9.85. The topological polar surface area (TPSA) is 29.5 Å². The van der Waals surface area contributed by atoms with Crippen molar-refractivity contribution in [3.05, 3.63) is 11.8 Å². The van der Waals surface area contributed by atoms with E-state index < -0.39 is 0 Å². The molecular formula is C12H20O2. The van der Waals surface area contributed by atoms with Gasteiger partial charge in [0.15, 0.2) is 0 Å². The number of rotatable bonds is 3. The molecule has 2 nitrogen and oxygen atoms in total. The minimum atomic E-state index is -0.333. The van der Waals surface area contributed by atoms with Gasteiger partial charge in [0.1, 0.15) is 11.9 Å². The fourth-order valence-corrected chi connectivity index (χ4v) is 2.52. The van der Waals surface area contributed by atoms with Crippen molar-refractivity contribution in [3.8, 4) is 0 Å². The van der Waals surface area contributed by atoms with Gasteiger partial charge in [0.25, 0.3) is 0 Å². The fourth-order valence-electron chi connectivity index (χ4n) is 2.52. The first-order valence-electron chi connectivity index (χ1n) is 5.87. The fraction of sp³-hybridized carbons (Fsp3) is 0.833. The number of hydrogen-bond donors (Lipinski definition) is 1. The molecule has 0 radical (unpaired) electrons. The van der Waals surface area contributed by atoms with Crippen molar-refractivity contribution in [2.75, 3.05) is 6.61 Å². The lowest BCUT2D eigenvalue weighted by molar-refractivity contribution is 0.0922. The number of aliphatic hydroxyl groups excluding tert-OH is 1. The maximum Gasteiger partial charge on any atom is 0.121 e. The van der Waals surface area contributed by atoms with Gasteiger partial charge in [-0.15, -0.1) is 0 Å². The Morgan fingerprint density at radius 2 is 2.14 bits per heavy atom. The Morgan fingerprint density at radius 1 is 1.36 bits per heavy atom. The van der Waals surface area contributed by atoms with E-state index >= 15 is 0 Å². The van der Waals surface area contributed by atoms with Crippen LogP contribution in [0.5, 0.6) is 0 Å². The summed E-state index contributed by atoms with van der Waals surface area (Å²) >= 11 is 0. The van der Waals surface area contributed by atoms with Gasteiger partial charge in [-0.1, -0.05) is 32.1 Å². The highest BCUT2D eigenvalue weighted by atomic mass is 16.5. The second-order valence-corrected chi connectivity index (χ2v) is 4.50. The van der Waals surface area contributed by atoms with Crippen LogP contribution in [0.4, 0.5) is 0 Å². The Hall–Kier alpha value is -0.500. The molecule has 2 aliphatic rings. The van der Waals surface area contributed by atoms with Crippen molar-refractivity contribution in [3.63, 3.8) is 0 Å². The van der Waals surface area contributed by atoms with Crippen LogP contribution in [0.2, 0.25) is 0 Å². The Kier molecular flexibility index (Phi) is 3.46. The van der Waals surface area contributed by atoms with Gasteiger partial charge >= 0.3 is 0 Å². The Morgan fingerprint density at radius 3 is 2.79 bits per heavy atom. The summed E-state index contributed by atoms with van der Waals surface area (Å²) in [6.07, 6.45) is 10.2. The SMILES string of the molecule is OC(CC1CCCCC1)C1=CCCO1. The van der Waals surface area contributed by atoms with Gasteiger partial charge < -0.3 is 9.84 Å². The van der Waals surface area contributed by atoms with Gasteiger partial charge in [-0.3, -0.25) is 0 Å². The first-order valence-corrected chi connectivity index (χ1v) is 5.87. The summed E-state index contributed by atoms with van der Waals surface area (Å²) < 4.78 is 5.37. The molecule has 2 heteroatoms. The van der Waals surface area contributed by atoms with E-state index in [1.807, 2.05) is 6.08 Å². The molecule has 14 heavy (non-hydrogen) atoms. The monoisotopic (exact) mass is 196 g/mol. The lowest BCUT2D eigenvalue weighted by Crippen LogP contribution is -2.18. The first kappa shape index (κ1) is 10.0. The molecular weight excluding hydrogens is 176 g/mol. The average molecular weight is 196 g/mol.